The summed E-state index contributed by atoms with van der Waals surface area (Å²) in [5.41, 5.74) is 4.49. The van der Waals surface area contributed by atoms with Crippen molar-refractivity contribution >= 4 is 11.4 Å². The van der Waals surface area contributed by atoms with Crippen LogP contribution < -0.4 is 5.32 Å². The number of nitrogens with zero attached hydrogens (tertiary/aromatic N) is 2. The number of nitrogens with one attached hydrogen (secondary N) is 1. The minimum atomic E-state index is -0.222. The van der Waals surface area contributed by atoms with E-state index in [0.717, 1.165) is 22.3 Å². The van der Waals surface area contributed by atoms with Gasteiger partial charge in [0.2, 0.25) is 0 Å². The first-order valence-electron chi connectivity index (χ1n) is 9.07. The number of hydrogen-bond donors (Lipinski definition) is 1. The van der Waals surface area contributed by atoms with E-state index in [-0.39, 0.29) is 5.91 Å². The number of rotatable bonds is 4. The number of benzene rings is 1. The fourth-order valence-corrected chi connectivity index (χ4v) is 2.85. The van der Waals surface area contributed by atoms with Crippen molar-refractivity contribution in [1.29, 1.82) is 0 Å². The van der Waals surface area contributed by atoms with Gasteiger partial charge in [0.25, 0.3) is 5.91 Å². The summed E-state index contributed by atoms with van der Waals surface area (Å²) in [5.74, 6) is 0.486. The third-order valence-electron chi connectivity index (χ3n) is 4.08. The van der Waals surface area contributed by atoms with Gasteiger partial charge in [-0.3, -0.25) is 4.79 Å². The molecule has 4 aromatic rings. The van der Waals surface area contributed by atoms with Crippen LogP contribution in [-0.4, -0.2) is 15.5 Å². The van der Waals surface area contributed by atoms with Crippen LogP contribution in [0.1, 0.15) is 35.8 Å². The first kappa shape index (κ1) is 18.5. The quantitative estimate of drug-likeness (QED) is 0.565. The molecule has 3 heterocycles. The minimum Gasteiger partial charge on any atom is -0.467 e. The topological polar surface area (TPSA) is 59.5 Å². The SMILES string of the molecule is CC.Cc1cc(-c2ccccc2)cc2cc(C(=O)NCc3ccco3)nn12. The first-order valence-corrected chi connectivity index (χ1v) is 9.07. The van der Waals surface area contributed by atoms with Crippen LogP contribution in [0.2, 0.25) is 0 Å². The average molecular weight is 361 g/mol. The van der Waals surface area contributed by atoms with Crippen molar-refractivity contribution in [1.82, 2.24) is 14.9 Å². The summed E-state index contributed by atoms with van der Waals surface area (Å²) in [4.78, 5) is 12.3. The van der Waals surface area contributed by atoms with Gasteiger partial charge in [-0.15, -0.1) is 0 Å². The van der Waals surface area contributed by atoms with Crippen LogP contribution in [0.3, 0.4) is 0 Å². The molecule has 0 aliphatic heterocycles. The number of hydrogen-bond acceptors (Lipinski definition) is 3. The molecule has 0 fully saturated rings. The van der Waals surface area contributed by atoms with Crippen molar-refractivity contribution < 1.29 is 9.21 Å². The Morgan fingerprint density at radius 3 is 2.52 bits per heavy atom. The normalized spacial score (nSPS) is 10.3. The number of aromatic nitrogens is 2. The van der Waals surface area contributed by atoms with Gasteiger partial charge in [-0.25, -0.2) is 4.52 Å². The first-order chi connectivity index (χ1) is 13.2. The summed E-state index contributed by atoms with van der Waals surface area (Å²) in [6.07, 6.45) is 1.58. The van der Waals surface area contributed by atoms with Gasteiger partial charge >= 0.3 is 0 Å². The lowest BCUT2D eigenvalue weighted by atomic mass is 10.1. The van der Waals surface area contributed by atoms with E-state index in [1.54, 1.807) is 22.9 Å². The second-order valence-corrected chi connectivity index (χ2v) is 5.88. The molecule has 0 saturated carbocycles. The third-order valence-corrected chi connectivity index (χ3v) is 4.08. The van der Waals surface area contributed by atoms with E-state index < -0.39 is 0 Å². The van der Waals surface area contributed by atoms with E-state index in [4.69, 9.17) is 4.42 Å². The maximum Gasteiger partial charge on any atom is 0.272 e. The summed E-state index contributed by atoms with van der Waals surface area (Å²) in [5, 5.41) is 7.24. The maximum atomic E-state index is 12.3. The number of aryl methyl sites for hydroxylation is 1. The number of carbonyl (C=O) groups is 1. The highest BCUT2D eigenvalue weighted by Gasteiger charge is 2.13. The van der Waals surface area contributed by atoms with Crippen molar-refractivity contribution in [3.63, 3.8) is 0 Å². The number of fused-ring (bicyclic) bond motifs is 1. The molecular formula is C22H23N3O2. The largest absolute Gasteiger partial charge is 0.467 e. The zero-order valence-corrected chi connectivity index (χ0v) is 15.8. The van der Waals surface area contributed by atoms with Crippen LogP contribution in [0, 0.1) is 6.92 Å². The highest BCUT2D eigenvalue weighted by Crippen LogP contribution is 2.23. The summed E-state index contributed by atoms with van der Waals surface area (Å²) in [6.45, 7) is 6.32. The molecule has 0 saturated heterocycles. The Hall–Kier alpha value is -3.34. The Morgan fingerprint density at radius 1 is 1.04 bits per heavy atom. The Labute approximate surface area is 158 Å². The van der Waals surface area contributed by atoms with Crippen molar-refractivity contribution in [3.05, 3.63) is 84.1 Å². The van der Waals surface area contributed by atoms with E-state index in [1.165, 1.54) is 0 Å². The predicted octanol–water partition coefficient (Wildman–Crippen LogP) is 4.86. The van der Waals surface area contributed by atoms with E-state index in [2.05, 4.69) is 28.6 Å². The Balaban J connectivity index is 0.00000102. The molecule has 1 amide bonds. The fourth-order valence-electron chi connectivity index (χ4n) is 2.85. The summed E-state index contributed by atoms with van der Waals surface area (Å²) < 4.78 is 7.01. The van der Waals surface area contributed by atoms with Gasteiger partial charge in [0, 0.05) is 5.69 Å². The standard InChI is InChI=1S/C20H17N3O2.C2H6/c1-14-10-16(15-6-3-2-4-7-15)11-17-12-19(22-23(14)17)20(24)21-13-18-8-5-9-25-18;1-2/h2-12H,13H2,1H3,(H,21,24);1-2H3. The smallest absolute Gasteiger partial charge is 0.272 e. The molecule has 1 aromatic carbocycles. The summed E-state index contributed by atoms with van der Waals surface area (Å²) in [7, 11) is 0. The lowest BCUT2D eigenvalue weighted by Crippen LogP contribution is -2.23. The summed E-state index contributed by atoms with van der Waals surface area (Å²) >= 11 is 0. The molecule has 0 aliphatic rings. The molecule has 138 valence electrons. The molecule has 0 spiro atoms. The van der Waals surface area contributed by atoms with E-state index in [9.17, 15) is 4.79 Å². The van der Waals surface area contributed by atoms with Gasteiger partial charge in [0.05, 0.1) is 18.3 Å². The monoisotopic (exact) mass is 361 g/mol. The van der Waals surface area contributed by atoms with Crippen LogP contribution in [-0.2, 0) is 6.54 Å². The highest BCUT2D eigenvalue weighted by molar-refractivity contribution is 5.93. The molecule has 5 nitrogen and oxygen atoms in total. The molecule has 0 aliphatic carbocycles. The number of pyridine rings is 1. The van der Waals surface area contributed by atoms with E-state index in [0.29, 0.717) is 18.0 Å². The van der Waals surface area contributed by atoms with Crippen LogP contribution >= 0.6 is 0 Å². The molecule has 0 unspecified atom stereocenters. The lowest BCUT2D eigenvalue weighted by molar-refractivity contribution is 0.0942. The zero-order valence-electron chi connectivity index (χ0n) is 15.8. The number of carbonyl (C=O) groups excluding carboxylic acids is 1. The molecule has 4 rings (SSSR count). The molecular weight excluding hydrogens is 338 g/mol. The minimum absolute atomic E-state index is 0.222. The molecule has 27 heavy (non-hydrogen) atoms. The van der Waals surface area contributed by atoms with Crippen molar-refractivity contribution in [2.75, 3.05) is 0 Å². The average Bonchev–Trinajstić information content (AvgIpc) is 3.38. The Bertz CT molecular complexity index is 1020. The van der Waals surface area contributed by atoms with Gasteiger partial charge in [0.1, 0.15) is 5.76 Å². The molecule has 1 N–H and O–H groups in total. The third kappa shape index (κ3) is 4.08. The zero-order chi connectivity index (χ0) is 19.2. The van der Waals surface area contributed by atoms with Crippen molar-refractivity contribution in [2.24, 2.45) is 0 Å². The van der Waals surface area contributed by atoms with Gasteiger partial charge in [-0.1, -0.05) is 44.2 Å². The molecule has 0 bridgehead atoms. The number of amides is 1. The fraction of sp³-hybridized carbons (Fsp3) is 0.182. The van der Waals surface area contributed by atoms with Crippen molar-refractivity contribution in [3.8, 4) is 11.1 Å². The van der Waals surface area contributed by atoms with Crippen molar-refractivity contribution in [2.45, 2.75) is 27.3 Å². The maximum absolute atomic E-state index is 12.3. The van der Waals surface area contributed by atoms with E-state index >= 15 is 0 Å². The number of furan rings is 1. The molecule has 3 aromatic heterocycles. The molecule has 5 heteroatoms. The van der Waals surface area contributed by atoms with Gasteiger partial charge in [-0.2, -0.15) is 5.10 Å². The van der Waals surface area contributed by atoms with Crippen LogP contribution in [0.4, 0.5) is 0 Å². The molecule has 0 radical (unpaired) electrons. The van der Waals surface area contributed by atoms with Gasteiger partial charge < -0.3 is 9.73 Å². The van der Waals surface area contributed by atoms with Gasteiger partial charge in [0.15, 0.2) is 5.69 Å². The Morgan fingerprint density at radius 2 is 1.81 bits per heavy atom. The second-order valence-electron chi connectivity index (χ2n) is 5.88. The van der Waals surface area contributed by atoms with Crippen LogP contribution in [0.15, 0.2) is 71.3 Å². The molecule has 0 atom stereocenters. The van der Waals surface area contributed by atoms with Gasteiger partial charge in [-0.05, 0) is 48.4 Å². The van der Waals surface area contributed by atoms with Crippen LogP contribution in [0.25, 0.3) is 16.6 Å². The predicted molar refractivity (Wildman–Crippen MR) is 107 cm³/mol. The van der Waals surface area contributed by atoms with E-state index in [1.807, 2.05) is 51.1 Å². The lowest BCUT2D eigenvalue weighted by Gasteiger charge is -2.05. The van der Waals surface area contributed by atoms with Crippen LogP contribution in [0.5, 0.6) is 0 Å². The second kappa shape index (κ2) is 8.36. The Kier molecular flexibility index (Phi) is 5.71. The highest BCUT2D eigenvalue weighted by atomic mass is 16.3. The summed E-state index contributed by atoms with van der Waals surface area (Å²) in [6, 6.07) is 19.7.